The molecule has 134 valence electrons. The molecule has 0 aliphatic carbocycles. The molecule has 2 N–H and O–H groups in total. The number of phenols is 1. The molecule has 0 aliphatic rings. The van der Waals surface area contributed by atoms with Crippen LogP contribution in [0.5, 0.6) is 5.75 Å². The number of carbonyl (C=O) groups excluding carboxylic acids is 1. The molecule has 6 heteroatoms. The number of aromatic hydroxyl groups is 1. The van der Waals surface area contributed by atoms with Crippen LogP contribution in [0.2, 0.25) is 5.02 Å². The fraction of sp³-hybridized carbons (Fsp3) is 0.0476. The van der Waals surface area contributed by atoms with E-state index in [0.29, 0.717) is 32.9 Å². The van der Waals surface area contributed by atoms with E-state index in [4.69, 9.17) is 16.0 Å². The van der Waals surface area contributed by atoms with Crippen LogP contribution in [0, 0.1) is 6.92 Å². The van der Waals surface area contributed by atoms with Crippen molar-refractivity contribution >= 4 is 34.3 Å². The van der Waals surface area contributed by atoms with E-state index in [-0.39, 0.29) is 17.5 Å². The van der Waals surface area contributed by atoms with Gasteiger partial charge in [-0.1, -0.05) is 17.7 Å². The number of phenolic OH excluding ortho intramolecular Hbond substituents is 1. The molecule has 5 nitrogen and oxygen atoms in total. The second-order valence-corrected chi connectivity index (χ2v) is 6.62. The zero-order valence-corrected chi connectivity index (χ0v) is 15.1. The highest BCUT2D eigenvalue weighted by Gasteiger charge is 2.14. The Kier molecular flexibility index (Phi) is 4.30. The molecular formula is C21H15ClN2O3. The third-order valence-electron chi connectivity index (χ3n) is 4.13. The van der Waals surface area contributed by atoms with E-state index < -0.39 is 0 Å². The largest absolute Gasteiger partial charge is 0.507 e. The molecule has 1 aromatic heterocycles. The van der Waals surface area contributed by atoms with Gasteiger partial charge in [0.25, 0.3) is 5.91 Å². The summed E-state index contributed by atoms with van der Waals surface area (Å²) >= 11 is 5.85. The Morgan fingerprint density at radius 1 is 1.07 bits per heavy atom. The molecular weight excluding hydrogens is 364 g/mol. The summed E-state index contributed by atoms with van der Waals surface area (Å²) in [7, 11) is 0. The first-order valence-electron chi connectivity index (χ1n) is 8.27. The molecule has 1 amide bonds. The highest BCUT2D eigenvalue weighted by Crippen LogP contribution is 2.33. The minimum absolute atomic E-state index is 0.0165. The number of halogens is 1. The number of nitrogens with zero attached hydrogens (tertiary/aromatic N) is 1. The number of hydrogen-bond donors (Lipinski definition) is 2. The monoisotopic (exact) mass is 378 g/mol. The molecule has 0 bridgehead atoms. The molecule has 0 saturated carbocycles. The van der Waals surface area contributed by atoms with Crippen molar-refractivity contribution in [2.24, 2.45) is 0 Å². The molecule has 0 saturated heterocycles. The van der Waals surface area contributed by atoms with E-state index in [9.17, 15) is 9.90 Å². The maximum Gasteiger partial charge on any atom is 0.255 e. The lowest BCUT2D eigenvalue weighted by molar-refractivity contribution is 0.102. The second-order valence-electron chi connectivity index (χ2n) is 6.18. The van der Waals surface area contributed by atoms with E-state index in [0.717, 1.165) is 5.56 Å². The van der Waals surface area contributed by atoms with Crippen LogP contribution in [0.1, 0.15) is 15.9 Å². The maximum absolute atomic E-state index is 12.4. The van der Waals surface area contributed by atoms with E-state index in [1.807, 2.05) is 25.1 Å². The average Bonchev–Trinajstić information content (AvgIpc) is 3.06. The fourth-order valence-corrected chi connectivity index (χ4v) is 2.87. The van der Waals surface area contributed by atoms with Gasteiger partial charge in [-0.05, 0) is 67.1 Å². The number of carbonyl (C=O) groups is 1. The third-order valence-corrected chi connectivity index (χ3v) is 4.39. The minimum Gasteiger partial charge on any atom is -0.507 e. The number of aryl methyl sites for hydroxylation is 1. The van der Waals surface area contributed by atoms with E-state index in [2.05, 4.69) is 10.3 Å². The number of anilines is 1. The predicted octanol–water partition coefficient (Wildman–Crippen LogP) is 5.41. The van der Waals surface area contributed by atoms with Crippen molar-refractivity contribution in [2.75, 3.05) is 5.32 Å². The minimum atomic E-state index is -0.281. The summed E-state index contributed by atoms with van der Waals surface area (Å²) < 4.78 is 5.75. The van der Waals surface area contributed by atoms with Crippen molar-refractivity contribution in [3.8, 4) is 17.2 Å². The van der Waals surface area contributed by atoms with Gasteiger partial charge in [-0.2, -0.15) is 0 Å². The first kappa shape index (κ1) is 17.1. The Balaban J connectivity index is 1.66. The number of hydrogen-bond acceptors (Lipinski definition) is 4. The summed E-state index contributed by atoms with van der Waals surface area (Å²) in [5.74, 6) is 0.0231. The van der Waals surface area contributed by atoms with Gasteiger partial charge in [0.05, 0.1) is 5.56 Å². The number of rotatable bonds is 3. The van der Waals surface area contributed by atoms with Gasteiger partial charge in [0.15, 0.2) is 5.58 Å². The smallest absolute Gasteiger partial charge is 0.255 e. The number of benzene rings is 3. The lowest BCUT2D eigenvalue weighted by atomic mass is 10.1. The molecule has 4 rings (SSSR count). The molecule has 0 unspecified atom stereocenters. The molecule has 0 aliphatic heterocycles. The van der Waals surface area contributed by atoms with Crippen LogP contribution in [0.15, 0.2) is 65.1 Å². The highest BCUT2D eigenvalue weighted by atomic mass is 35.5. The summed E-state index contributed by atoms with van der Waals surface area (Å²) in [6.45, 7) is 1.97. The van der Waals surface area contributed by atoms with Crippen molar-refractivity contribution in [1.82, 2.24) is 4.98 Å². The van der Waals surface area contributed by atoms with Crippen LogP contribution in [-0.4, -0.2) is 16.0 Å². The predicted molar refractivity (Wildman–Crippen MR) is 105 cm³/mol. The van der Waals surface area contributed by atoms with Gasteiger partial charge in [0, 0.05) is 16.3 Å². The summed E-state index contributed by atoms with van der Waals surface area (Å²) in [5.41, 5.74) is 3.80. The van der Waals surface area contributed by atoms with Gasteiger partial charge in [-0.3, -0.25) is 4.79 Å². The number of fused-ring (bicyclic) bond motifs is 1. The van der Waals surface area contributed by atoms with E-state index in [1.165, 1.54) is 6.07 Å². The van der Waals surface area contributed by atoms with Crippen LogP contribution in [-0.2, 0) is 0 Å². The Hall–Kier alpha value is -3.31. The molecule has 0 fully saturated rings. The molecule has 1 heterocycles. The van der Waals surface area contributed by atoms with E-state index >= 15 is 0 Å². The van der Waals surface area contributed by atoms with Gasteiger partial charge in [0.2, 0.25) is 5.89 Å². The van der Waals surface area contributed by atoms with Gasteiger partial charge in [0.1, 0.15) is 11.3 Å². The zero-order chi connectivity index (χ0) is 19.0. The number of amides is 1. The quantitative estimate of drug-likeness (QED) is 0.467. The number of aromatic nitrogens is 1. The van der Waals surface area contributed by atoms with E-state index in [1.54, 1.807) is 36.4 Å². The zero-order valence-electron chi connectivity index (χ0n) is 14.4. The van der Waals surface area contributed by atoms with Crippen molar-refractivity contribution in [1.29, 1.82) is 0 Å². The topological polar surface area (TPSA) is 75.4 Å². The van der Waals surface area contributed by atoms with Crippen molar-refractivity contribution in [3.63, 3.8) is 0 Å². The van der Waals surface area contributed by atoms with Gasteiger partial charge < -0.3 is 14.8 Å². The summed E-state index contributed by atoms with van der Waals surface area (Å²) in [4.78, 5) is 16.8. The molecule has 27 heavy (non-hydrogen) atoms. The number of oxazole rings is 1. The molecule has 4 aromatic rings. The Morgan fingerprint density at radius 3 is 2.63 bits per heavy atom. The van der Waals surface area contributed by atoms with Crippen molar-refractivity contribution in [2.45, 2.75) is 6.92 Å². The van der Waals surface area contributed by atoms with Gasteiger partial charge in [-0.25, -0.2) is 4.98 Å². The van der Waals surface area contributed by atoms with Crippen molar-refractivity contribution in [3.05, 3.63) is 76.8 Å². The summed E-state index contributed by atoms with van der Waals surface area (Å²) in [5, 5.41) is 13.6. The molecule has 0 radical (unpaired) electrons. The standard InChI is InChI=1S/C21H15ClN2O3/c1-12-2-9-19-17(10-12)24-21(27-19)16-11-15(7-8-18(16)25)23-20(26)13-3-5-14(22)6-4-13/h2-11,25H,1H3,(H,23,26). The Bertz CT molecular complexity index is 1150. The van der Waals surface area contributed by atoms with Gasteiger partial charge in [-0.15, -0.1) is 0 Å². The summed E-state index contributed by atoms with van der Waals surface area (Å²) in [6.07, 6.45) is 0. The molecule has 0 atom stereocenters. The Morgan fingerprint density at radius 2 is 1.85 bits per heavy atom. The lowest BCUT2D eigenvalue weighted by Crippen LogP contribution is -2.11. The number of nitrogens with one attached hydrogen (secondary N) is 1. The van der Waals surface area contributed by atoms with Crippen LogP contribution < -0.4 is 5.32 Å². The SMILES string of the molecule is Cc1ccc2oc(-c3cc(NC(=O)c4ccc(Cl)cc4)ccc3O)nc2c1. The molecule has 0 spiro atoms. The first-order chi connectivity index (χ1) is 13.0. The second kappa shape index (κ2) is 6.78. The normalized spacial score (nSPS) is 10.9. The van der Waals surface area contributed by atoms with Crippen LogP contribution in [0.25, 0.3) is 22.6 Å². The fourth-order valence-electron chi connectivity index (χ4n) is 2.74. The third kappa shape index (κ3) is 3.50. The first-order valence-corrected chi connectivity index (χ1v) is 8.65. The van der Waals surface area contributed by atoms with Crippen LogP contribution >= 0.6 is 11.6 Å². The molecule has 3 aromatic carbocycles. The highest BCUT2D eigenvalue weighted by molar-refractivity contribution is 6.30. The van der Waals surface area contributed by atoms with Crippen molar-refractivity contribution < 1.29 is 14.3 Å². The average molecular weight is 379 g/mol. The van der Waals surface area contributed by atoms with Crippen LogP contribution in [0.4, 0.5) is 5.69 Å². The Labute approximate surface area is 160 Å². The summed E-state index contributed by atoms with van der Waals surface area (Å²) in [6, 6.07) is 17.0. The van der Waals surface area contributed by atoms with Crippen LogP contribution in [0.3, 0.4) is 0 Å². The lowest BCUT2D eigenvalue weighted by Gasteiger charge is -2.08. The maximum atomic E-state index is 12.4. The van der Waals surface area contributed by atoms with Gasteiger partial charge >= 0.3 is 0 Å².